The highest BCUT2D eigenvalue weighted by Crippen LogP contribution is 2.43. The molecule has 3 aromatic rings. The summed E-state index contributed by atoms with van der Waals surface area (Å²) in [7, 11) is -8.77. The number of halogens is 4. The van der Waals surface area contributed by atoms with Crippen molar-refractivity contribution in [2.75, 3.05) is 32.6 Å². The summed E-state index contributed by atoms with van der Waals surface area (Å²) in [6.45, 7) is 1.91. The standard InChI is InChI=1S/C24H30FN4O7PS2.C2HF3O2/c25-20-13-19(6-5-17(20)15-28)36-37(30,31)16-29-39(32,33)24-12-18-11-21(34-9-3-1-7-26)22(14-23(18)38-24)35-10-4-2-8-27;3-2(4,5)1(6)7/h5-6,11-14,29H,1-4,7-10,16,26-27H2,(H,30,31);(H,6,7). The number of nitrogens with zero attached hydrogens (tertiary/aromatic N) is 1. The molecule has 0 aliphatic carbocycles. The molecular weight excluding hydrogens is 683 g/mol. The summed E-state index contributed by atoms with van der Waals surface area (Å²) in [5.41, 5.74) is 10.8. The number of sulfonamides is 1. The minimum absolute atomic E-state index is 0.101. The van der Waals surface area contributed by atoms with Gasteiger partial charge >= 0.3 is 19.7 Å². The molecule has 7 N–H and O–H groups in total. The molecule has 0 aliphatic heterocycles. The molecular formula is C26H31F4N4O9PS2. The Kier molecular flexibility index (Phi) is 14.7. The number of alkyl halides is 3. The molecule has 3 rings (SSSR count). The van der Waals surface area contributed by atoms with E-state index >= 15 is 0 Å². The van der Waals surface area contributed by atoms with Crippen molar-refractivity contribution in [3.63, 3.8) is 0 Å². The largest absolute Gasteiger partial charge is 0.490 e. The van der Waals surface area contributed by atoms with Crippen LogP contribution in [0.15, 0.2) is 40.6 Å². The number of fused-ring (bicyclic) bond motifs is 1. The summed E-state index contributed by atoms with van der Waals surface area (Å²) in [5.74, 6) is -3.09. The average Bonchev–Trinajstić information content (AvgIpc) is 3.40. The number of nitrogens with one attached hydrogen (secondary N) is 1. The SMILES string of the molecule is N#Cc1ccc(OP(=O)(O)CNS(=O)(=O)c2cc3cc(OCCCCN)c(OCCCCN)cc3s2)cc1F.O=C(O)C(F)(F)F. The minimum Gasteiger partial charge on any atom is -0.490 e. The number of hydrogen-bond acceptors (Lipinski definition) is 11. The molecule has 1 unspecified atom stereocenters. The molecule has 0 bridgehead atoms. The van der Waals surface area contributed by atoms with E-state index in [1.165, 1.54) is 6.07 Å². The zero-order valence-electron chi connectivity index (χ0n) is 24.0. The third-order valence-corrected chi connectivity index (χ3v) is 9.78. The first kappa shape index (κ1) is 38.7. The number of benzene rings is 2. The number of nitrogens with two attached hydrogens (primary N) is 2. The van der Waals surface area contributed by atoms with Crippen molar-refractivity contribution in [3.8, 4) is 23.3 Å². The number of hydrogen-bond donors (Lipinski definition) is 5. The fourth-order valence-corrected chi connectivity index (χ4v) is 7.27. The summed E-state index contributed by atoms with van der Waals surface area (Å²) in [4.78, 5) is 19.0. The lowest BCUT2D eigenvalue weighted by Gasteiger charge is -2.14. The van der Waals surface area contributed by atoms with Gasteiger partial charge in [-0.2, -0.15) is 23.2 Å². The number of thiophene rings is 1. The predicted octanol–water partition coefficient (Wildman–Crippen LogP) is 4.28. The average molecular weight is 715 g/mol. The van der Waals surface area contributed by atoms with Gasteiger partial charge in [-0.1, -0.05) is 0 Å². The second kappa shape index (κ2) is 17.4. The summed E-state index contributed by atoms with van der Waals surface area (Å²) in [6, 6.07) is 9.41. The lowest BCUT2D eigenvalue weighted by Crippen LogP contribution is -2.25. The summed E-state index contributed by atoms with van der Waals surface area (Å²) in [6.07, 6.45) is -2.98. The van der Waals surface area contributed by atoms with Crippen LogP contribution >= 0.6 is 18.9 Å². The molecule has 0 fully saturated rings. The van der Waals surface area contributed by atoms with Crippen molar-refractivity contribution in [2.24, 2.45) is 11.5 Å². The van der Waals surface area contributed by atoms with Crippen LogP contribution < -0.4 is 30.2 Å². The van der Waals surface area contributed by atoms with Gasteiger partial charge in [0.2, 0.25) is 0 Å². The fourth-order valence-electron chi connectivity index (χ4n) is 3.32. The Morgan fingerprint density at radius 1 is 1.02 bits per heavy atom. The third kappa shape index (κ3) is 12.4. The van der Waals surface area contributed by atoms with Gasteiger partial charge in [-0.3, -0.25) is 0 Å². The number of ether oxygens (including phenoxy) is 2. The first-order chi connectivity index (χ1) is 21.5. The molecule has 0 saturated heterocycles. The highest BCUT2D eigenvalue weighted by atomic mass is 32.2. The van der Waals surface area contributed by atoms with Gasteiger partial charge in [-0.25, -0.2) is 22.2 Å². The Morgan fingerprint density at radius 3 is 2.09 bits per heavy atom. The molecule has 0 radical (unpaired) electrons. The van der Waals surface area contributed by atoms with Crippen molar-refractivity contribution < 1.29 is 59.3 Å². The Labute approximate surface area is 265 Å². The Morgan fingerprint density at radius 2 is 1.59 bits per heavy atom. The van der Waals surface area contributed by atoms with Gasteiger partial charge < -0.3 is 35.5 Å². The van der Waals surface area contributed by atoms with E-state index in [9.17, 15) is 35.4 Å². The molecule has 20 heteroatoms. The third-order valence-electron chi connectivity index (χ3n) is 5.54. The minimum atomic E-state index is -5.08. The lowest BCUT2D eigenvalue weighted by molar-refractivity contribution is -0.192. The van der Waals surface area contributed by atoms with E-state index < -0.39 is 41.9 Å². The number of carbonyl (C=O) groups is 1. The van der Waals surface area contributed by atoms with Crippen molar-refractivity contribution in [2.45, 2.75) is 36.1 Å². The molecule has 1 heterocycles. The van der Waals surface area contributed by atoms with Gasteiger partial charge in [0.25, 0.3) is 10.0 Å². The molecule has 1 aromatic heterocycles. The maximum atomic E-state index is 13.8. The van der Waals surface area contributed by atoms with Crippen LogP contribution in [-0.4, -0.2) is 63.2 Å². The van der Waals surface area contributed by atoms with Gasteiger partial charge in [-0.15, -0.1) is 11.3 Å². The summed E-state index contributed by atoms with van der Waals surface area (Å²) >= 11 is 0.948. The monoisotopic (exact) mass is 714 g/mol. The van der Waals surface area contributed by atoms with E-state index in [4.69, 9.17) is 40.6 Å². The van der Waals surface area contributed by atoms with E-state index in [0.717, 1.165) is 55.2 Å². The van der Waals surface area contributed by atoms with E-state index in [0.29, 0.717) is 47.9 Å². The highest BCUT2D eigenvalue weighted by Gasteiger charge is 2.38. The number of carboxylic acids is 1. The fraction of sp³-hybridized carbons (Fsp3) is 0.385. The maximum Gasteiger partial charge on any atom is 0.490 e. The van der Waals surface area contributed by atoms with Crippen molar-refractivity contribution in [1.82, 2.24) is 4.72 Å². The molecule has 0 saturated carbocycles. The second-order valence-corrected chi connectivity index (χ2v) is 14.0. The molecule has 0 amide bonds. The van der Waals surface area contributed by atoms with Crippen LogP contribution in [0.1, 0.15) is 31.2 Å². The molecule has 254 valence electrons. The van der Waals surface area contributed by atoms with E-state index in [1.54, 1.807) is 18.2 Å². The molecule has 0 spiro atoms. The van der Waals surface area contributed by atoms with E-state index in [-0.39, 0.29) is 15.5 Å². The van der Waals surface area contributed by atoms with Crippen LogP contribution in [0.5, 0.6) is 17.2 Å². The predicted molar refractivity (Wildman–Crippen MR) is 160 cm³/mol. The van der Waals surface area contributed by atoms with E-state index in [1.807, 2.05) is 0 Å². The van der Waals surface area contributed by atoms with Gasteiger partial charge in [-0.05, 0) is 68.4 Å². The van der Waals surface area contributed by atoms with Crippen molar-refractivity contribution in [3.05, 3.63) is 47.8 Å². The molecule has 2 aromatic carbocycles. The Balaban J connectivity index is 0.000000942. The zero-order chi connectivity index (χ0) is 34.5. The molecule has 1 atom stereocenters. The number of nitriles is 1. The number of rotatable bonds is 16. The first-order valence-corrected chi connectivity index (χ1v) is 17.3. The number of carboxylic acid groups (broad SMARTS) is 1. The maximum absolute atomic E-state index is 13.8. The van der Waals surface area contributed by atoms with E-state index in [2.05, 4.69) is 4.72 Å². The van der Waals surface area contributed by atoms with Crippen LogP contribution in [0, 0.1) is 17.1 Å². The Bertz CT molecular complexity index is 1630. The second-order valence-electron chi connectivity index (χ2n) is 9.18. The number of aliphatic carboxylic acids is 1. The first-order valence-electron chi connectivity index (χ1n) is 13.3. The van der Waals surface area contributed by atoms with Crippen LogP contribution in [-0.2, 0) is 19.4 Å². The zero-order valence-corrected chi connectivity index (χ0v) is 26.5. The van der Waals surface area contributed by atoms with Crippen LogP contribution in [0.4, 0.5) is 17.6 Å². The van der Waals surface area contributed by atoms with Crippen LogP contribution in [0.3, 0.4) is 0 Å². The lowest BCUT2D eigenvalue weighted by atomic mass is 10.2. The van der Waals surface area contributed by atoms with Gasteiger partial charge in [0.1, 0.15) is 28.1 Å². The van der Waals surface area contributed by atoms with Gasteiger partial charge in [0.05, 0.1) is 18.8 Å². The van der Waals surface area contributed by atoms with Gasteiger partial charge in [0.15, 0.2) is 11.5 Å². The Hall–Kier alpha value is -3.50. The smallest absolute Gasteiger partial charge is 0.490 e. The van der Waals surface area contributed by atoms with Gasteiger partial charge in [0, 0.05) is 16.8 Å². The van der Waals surface area contributed by atoms with Crippen LogP contribution in [0.2, 0.25) is 0 Å². The summed E-state index contributed by atoms with van der Waals surface area (Å²) < 4.78 is 103. The summed E-state index contributed by atoms with van der Waals surface area (Å²) in [5, 5.41) is 16.5. The highest BCUT2D eigenvalue weighted by molar-refractivity contribution is 7.92. The van der Waals surface area contributed by atoms with Crippen LogP contribution in [0.25, 0.3) is 10.1 Å². The molecule has 13 nitrogen and oxygen atoms in total. The normalized spacial score (nSPS) is 12.8. The van der Waals surface area contributed by atoms with Crippen molar-refractivity contribution in [1.29, 1.82) is 5.26 Å². The topological polar surface area (TPSA) is 224 Å². The molecule has 0 aliphatic rings. The number of unbranched alkanes of at least 4 members (excludes halogenated alkanes) is 2. The quantitative estimate of drug-likeness (QED) is 0.0797. The van der Waals surface area contributed by atoms with Crippen molar-refractivity contribution >= 4 is 45.0 Å². The molecule has 46 heavy (non-hydrogen) atoms.